The van der Waals surface area contributed by atoms with Gasteiger partial charge in [0.2, 0.25) is 17.7 Å². The zero-order valence-corrected chi connectivity index (χ0v) is 19.3. The summed E-state index contributed by atoms with van der Waals surface area (Å²) in [4.78, 5) is 55.5. The molecule has 0 radical (unpaired) electrons. The zero-order valence-electron chi connectivity index (χ0n) is 18.5. The minimum Gasteiger partial charge on any atom is -0.324 e. The van der Waals surface area contributed by atoms with Gasteiger partial charge in [-0.05, 0) is 50.9 Å². The molecule has 1 spiro atoms. The molecule has 1 N–H and O–H groups in total. The number of amides is 3. The number of aryl methyl sites for hydroxylation is 1. The molecule has 4 aliphatic rings. The van der Waals surface area contributed by atoms with Crippen LogP contribution in [0, 0.1) is 35.8 Å². The SMILES string of the molecule is Cc1ccc(N2C(=O)[C@@H]3[C@@H](C2=O)[C@]2(C(=O)Nc4c2ccc(Cl)c4C)N2CCC[C@@H]32)cc1[N+](=O)[O-]. The van der Waals surface area contributed by atoms with Crippen LogP contribution in [0.2, 0.25) is 5.02 Å². The van der Waals surface area contributed by atoms with Crippen LogP contribution >= 0.6 is 11.6 Å². The third-order valence-electron chi connectivity index (χ3n) is 8.01. The maximum absolute atomic E-state index is 14.0. The molecule has 174 valence electrons. The van der Waals surface area contributed by atoms with Crippen LogP contribution in [0.5, 0.6) is 0 Å². The highest BCUT2D eigenvalue weighted by Crippen LogP contribution is 2.61. The van der Waals surface area contributed by atoms with Crippen LogP contribution in [0.15, 0.2) is 30.3 Å². The Labute approximate surface area is 199 Å². The second kappa shape index (κ2) is 6.86. The molecule has 10 heteroatoms. The van der Waals surface area contributed by atoms with Gasteiger partial charge in [0.1, 0.15) is 5.54 Å². The van der Waals surface area contributed by atoms with Gasteiger partial charge in [-0.2, -0.15) is 0 Å². The van der Waals surface area contributed by atoms with Crippen molar-refractivity contribution in [1.29, 1.82) is 0 Å². The summed E-state index contributed by atoms with van der Waals surface area (Å²) < 4.78 is 0. The number of carbonyl (C=O) groups excluding carboxylic acids is 3. The standard InChI is InChI=1S/C24H21ClN4O5/c1-11-5-6-13(10-17(11)29(33)34)28-21(30)18-16-4-3-9-27(16)24(19(18)22(28)31)14-7-8-15(25)12(2)20(14)26-23(24)32/h5-8,10,16,18-19H,3-4,9H2,1-2H3,(H,26,32)/t16-,18-,19-,24+/m0/s1. The van der Waals surface area contributed by atoms with E-state index in [1.807, 2.05) is 11.8 Å². The van der Waals surface area contributed by atoms with Gasteiger partial charge in [0.15, 0.2) is 0 Å². The van der Waals surface area contributed by atoms with E-state index in [1.54, 1.807) is 25.1 Å². The molecule has 9 nitrogen and oxygen atoms in total. The molecule has 2 aromatic carbocycles. The minimum absolute atomic E-state index is 0.160. The first-order valence-corrected chi connectivity index (χ1v) is 11.6. The molecule has 3 fully saturated rings. The Morgan fingerprint density at radius 2 is 1.91 bits per heavy atom. The number of hydrogen-bond acceptors (Lipinski definition) is 6. The van der Waals surface area contributed by atoms with Gasteiger partial charge in [-0.25, -0.2) is 4.90 Å². The smallest absolute Gasteiger partial charge is 0.274 e. The quantitative estimate of drug-likeness (QED) is 0.401. The predicted molar refractivity (Wildman–Crippen MR) is 124 cm³/mol. The summed E-state index contributed by atoms with van der Waals surface area (Å²) in [5.41, 5.74) is 1.09. The van der Waals surface area contributed by atoms with Crippen molar-refractivity contribution in [2.24, 2.45) is 11.8 Å². The molecule has 0 saturated carbocycles. The Morgan fingerprint density at radius 3 is 2.65 bits per heavy atom. The largest absolute Gasteiger partial charge is 0.324 e. The van der Waals surface area contributed by atoms with E-state index in [4.69, 9.17) is 11.6 Å². The van der Waals surface area contributed by atoms with Gasteiger partial charge < -0.3 is 5.32 Å². The van der Waals surface area contributed by atoms with Gasteiger partial charge in [0.25, 0.3) is 5.69 Å². The van der Waals surface area contributed by atoms with Crippen LogP contribution in [-0.2, 0) is 19.9 Å². The van der Waals surface area contributed by atoms with E-state index >= 15 is 0 Å². The summed E-state index contributed by atoms with van der Waals surface area (Å²) in [6, 6.07) is 7.57. The van der Waals surface area contributed by atoms with Gasteiger partial charge in [-0.3, -0.25) is 29.4 Å². The molecule has 0 aromatic heterocycles. The molecule has 0 unspecified atom stereocenters. The minimum atomic E-state index is -1.31. The summed E-state index contributed by atoms with van der Waals surface area (Å²) in [7, 11) is 0. The highest BCUT2D eigenvalue weighted by atomic mass is 35.5. The number of benzene rings is 2. The van der Waals surface area contributed by atoms with E-state index in [0.29, 0.717) is 40.4 Å². The van der Waals surface area contributed by atoms with E-state index in [1.165, 1.54) is 12.1 Å². The predicted octanol–water partition coefficient (Wildman–Crippen LogP) is 3.30. The fraction of sp³-hybridized carbons (Fsp3) is 0.375. The average Bonchev–Trinajstić information content (AvgIpc) is 3.50. The van der Waals surface area contributed by atoms with Gasteiger partial charge in [-0.15, -0.1) is 0 Å². The van der Waals surface area contributed by atoms with Crippen molar-refractivity contribution in [1.82, 2.24) is 4.90 Å². The first-order chi connectivity index (χ1) is 16.2. The van der Waals surface area contributed by atoms with E-state index in [0.717, 1.165) is 11.3 Å². The van der Waals surface area contributed by atoms with Gasteiger partial charge >= 0.3 is 0 Å². The van der Waals surface area contributed by atoms with Crippen molar-refractivity contribution >= 4 is 46.4 Å². The Balaban J connectivity index is 1.54. The van der Waals surface area contributed by atoms with Crippen LogP contribution < -0.4 is 10.2 Å². The van der Waals surface area contributed by atoms with Gasteiger partial charge in [0, 0.05) is 28.3 Å². The number of fused-ring (bicyclic) bond motifs is 7. The van der Waals surface area contributed by atoms with Crippen molar-refractivity contribution in [2.45, 2.75) is 38.3 Å². The van der Waals surface area contributed by atoms with E-state index in [9.17, 15) is 24.5 Å². The lowest BCUT2D eigenvalue weighted by atomic mass is 9.75. The number of imide groups is 1. The molecular weight excluding hydrogens is 460 g/mol. The van der Waals surface area contributed by atoms with Crippen molar-refractivity contribution in [3.05, 3.63) is 62.2 Å². The van der Waals surface area contributed by atoms with Crippen molar-refractivity contribution in [3.63, 3.8) is 0 Å². The lowest BCUT2D eigenvalue weighted by Gasteiger charge is -2.36. The number of hydrogen-bond donors (Lipinski definition) is 1. The number of nitro groups is 1. The summed E-state index contributed by atoms with van der Waals surface area (Å²) in [5.74, 6) is -2.87. The molecule has 4 heterocycles. The second-order valence-electron chi connectivity index (χ2n) is 9.46. The fourth-order valence-corrected chi connectivity index (χ4v) is 6.74. The van der Waals surface area contributed by atoms with E-state index < -0.39 is 34.1 Å². The van der Waals surface area contributed by atoms with Crippen LogP contribution in [0.4, 0.5) is 17.1 Å². The second-order valence-corrected chi connectivity index (χ2v) is 9.87. The Hall–Kier alpha value is -3.30. The monoisotopic (exact) mass is 480 g/mol. The number of nitro benzene ring substituents is 1. The number of anilines is 2. The topological polar surface area (TPSA) is 113 Å². The number of rotatable bonds is 2. The van der Waals surface area contributed by atoms with Crippen molar-refractivity contribution in [3.8, 4) is 0 Å². The van der Waals surface area contributed by atoms with Gasteiger partial charge in [0.05, 0.1) is 28.1 Å². The lowest BCUT2D eigenvalue weighted by Crippen LogP contribution is -2.54. The highest BCUT2D eigenvalue weighted by molar-refractivity contribution is 6.32. The van der Waals surface area contributed by atoms with Gasteiger partial charge in [-0.1, -0.05) is 23.7 Å². The van der Waals surface area contributed by atoms with Crippen LogP contribution in [0.25, 0.3) is 0 Å². The van der Waals surface area contributed by atoms with Crippen molar-refractivity contribution in [2.75, 3.05) is 16.8 Å². The van der Waals surface area contributed by atoms with Crippen LogP contribution in [0.3, 0.4) is 0 Å². The van der Waals surface area contributed by atoms with Crippen LogP contribution in [0.1, 0.15) is 29.5 Å². The number of halogens is 1. The average molecular weight is 481 g/mol. The molecule has 6 rings (SSSR count). The fourth-order valence-electron chi connectivity index (χ4n) is 6.58. The maximum Gasteiger partial charge on any atom is 0.274 e. The molecule has 4 atom stereocenters. The summed E-state index contributed by atoms with van der Waals surface area (Å²) >= 11 is 6.32. The van der Waals surface area contributed by atoms with E-state index in [-0.39, 0.29) is 23.3 Å². The number of nitrogens with zero attached hydrogens (tertiary/aromatic N) is 3. The Morgan fingerprint density at radius 1 is 1.15 bits per heavy atom. The van der Waals surface area contributed by atoms with E-state index in [2.05, 4.69) is 5.32 Å². The third kappa shape index (κ3) is 2.35. The highest BCUT2D eigenvalue weighted by Gasteiger charge is 2.74. The Bertz CT molecular complexity index is 1340. The molecule has 0 bridgehead atoms. The molecular formula is C24H21ClN4O5. The normalized spacial score (nSPS) is 29.6. The number of carbonyl (C=O) groups is 3. The first kappa shape index (κ1) is 21.2. The third-order valence-corrected chi connectivity index (χ3v) is 8.42. The molecule has 4 aliphatic heterocycles. The van der Waals surface area contributed by atoms with Crippen LogP contribution in [-0.4, -0.2) is 40.1 Å². The van der Waals surface area contributed by atoms with Crippen molar-refractivity contribution < 1.29 is 19.3 Å². The molecule has 34 heavy (non-hydrogen) atoms. The maximum atomic E-state index is 14.0. The summed E-state index contributed by atoms with van der Waals surface area (Å²) in [6.45, 7) is 4.01. The molecule has 3 saturated heterocycles. The zero-order chi connectivity index (χ0) is 24.1. The molecule has 2 aromatic rings. The number of nitrogens with one attached hydrogen (secondary N) is 1. The Kier molecular flexibility index (Phi) is 4.29. The lowest BCUT2D eigenvalue weighted by molar-refractivity contribution is -0.385. The molecule has 3 amide bonds. The summed E-state index contributed by atoms with van der Waals surface area (Å²) in [6.07, 6.45) is 1.50. The first-order valence-electron chi connectivity index (χ1n) is 11.2. The molecule has 0 aliphatic carbocycles. The summed E-state index contributed by atoms with van der Waals surface area (Å²) in [5, 5.41) is 14.9.